The normalized spacial score (nSPS) is 22.9. The third-order valence-electron chi connectivity index (χ3n) is 2.53. The Morgan fingerprint density at radius 2 is 2.57 bits per heavy atom. The summed E-state index contributed by atoms with van der Waals surface area (Å²) in [7, 11) is 2.12. The molecule has 1 aromatic rings. The van der Waals surface area contributed by atoms with Gasteiger partial charge in [0.2, 0.25) is 5.89 Å². The van der Waals surface area contributed by atoms with Crippen molar-refractivity contribution >= 4 is 0 Å². The second-order valence-corrected chi connectivity index (χ2v) is 3.70. The zero-order valence-corrected chi connectivity index (χ0v) is 8.69. The Labute approximate surface area is 83.9 Å². The molecule has 1 aliphatic heterocycles. The first-order valence-corrected chi connectivity index (χ1v) is 5.06. The van der Waals surface area contributed by atoms with Crippen LogP contribution in [0.4, 0.5) is 0 Å². The van der Waals surface area contributed by atoms with Crippen LogP contribution < -0.4 is 4.74 Å². The van der Waals surface area contributed by atoms with E-state index in [2.05, 4.69) is 16.9 Å². The minimum atomic E-state index is 0.439. The van der Waals surface area contributed by atoms with E-state index in [9.17, 15) is 0 Å². The lowest BCUT2D eigenvalue weighted by atomic mass is 10.1. The fourth-order valence-electron chi connectivity index (χ4n) is 1.81. The Morgan fingerprint density at radius 1 is 1.71 bits per heavy atom. The quantitative estimate of drug-likeness (QED) is 0.734. The molecule has 0 aliphatic carbocycles. The van der Waals surface area contributed by atoms with Gasteiger partial charge in [0.1, 0.15) is 6.20 Å². The largest absolute Gasteiger partial charge is 0.464 e. The molecule has 4 nitrogen and oxygen atoms in total. The van der Waals surface area contributed by atoms with Crippen molar-refractivity contribution in [1.82, 2.24) is 9.88 Å². The molecule has 1 atom stereocenters. The molecule has 2 heterocycles. The van der Waals surface area contributed by atoms with Crippen LogP contribution in [0.3, 0.4) is 0 Å². The van der Waals surface area contributed by atoms with E-state index in [1.54, 1.807) is 6.20 Å². The van der Waals surface area contributed by atoms with Gasteiger partial charge in [-0.3, -0.25) is 0 Å². The maximum atomic E-state index is 5.50. The van der Waals surface area contributed by atoms with Crippen molar-refractivity contribution in [3.8, 4) is 5.95 Å². The van der Waals surface area contributed by atoms with Crippen LogP contribution in [-0.2, 0) is 0 Å². The Bertz CT molecular complexity index is 298. The smallest absolute Gasteiger partial charge is 0.305 e. The number of hydrogen-bond donors (Lipinski definition) is 0. The van der Waals surface area contributed by atoms with Crippen molar-refractivity contribution in [1.29, 1.82) is 0 Å². The average molecular weight is 196 g/mol. The zero-order valence-electron chi connectivity index (χ0n) is 8.69. The molecule has 0 N–H and O–H groups in total. The number of likely N-dealkylation sites (N-methyl/N-ethyl adjacent to an activating group) is 1. The topological polar surface area (TPSA) is 38.5 Å². The molecular weight excluding hydrogens is 180 g/mol. The number of ether oxygens (including phenoxy) is 1. The monoisotopic (exact) mass is 196 g/mol. The van der Waals surface area contributed by atoms with Crippen LogP contribution in [0.2, 0.25) is 0 Å². The van der Waals surface area contributed by atoms with Crippen LogP contribution in [0.5, 0.6) is 5.95 Å². The highest BCUT2D eigenvalue weighted by Crippen LogP contribution is 2.27. The van der Waals surface area contributed by atoms with Gasteiger partial charge in [0.05, 0.1) is 6.61 Å². The van der Waals surface area contributed by atoms with Gasteiger partial charge in [0.15, 0.2) is 0 Å². The van der Waals surface area contributed by atoms with E-state index in [4.69, 9.17) is 9.15 Å². The molecule has 0 radical (unpaired) electrons. The molecule has 4 heteroatoms. The molecule has 1 aliphatic rings. The minimum absolute atomic E-state index is 0.439. The summed E-state index contributed by atoms with van der Waals surface area (Å²) >= 11 is 0. The summed E-state index contributed by atoms with van der Waals surface area (Å²) in [6, 6.07) is 0. The summed E-state index contributed by atoms with van der Waals surface area (Å²) in [5, 5.41) is 0. The van der Waals surface area contributed by atoms with E-state index >= 15 is 0 Å². The average Bonchev–Trinajstić information content (AvgIpc) is 2.74. The summed E-state index contributed by atoms with van der Waals surface area (Å²) in [5.74, 6) is 1.80. The molecule has 0 spiro atoms. The molecule has 0 amide bonds. The van der Waals surface area contributed by atoms with E-state index in [0.717, 1.165) is 25.4 Å². The maximum Gasteiger partial charge on any atom is 0.305 e. The molecular formula is C10H16N2O2. The predicted octanol–water partition coefficient (Wildman–Crippen LogP) is 1.49. The third-order valence-corrected chi connectivity index (χ3v) is 2.53. The third kappa shape index (κ3) is 1.90. The zero-order chi connectivity index (χ0) is 9.97. The van der Waals surface area contributed by atoms with E-state index in [0.29, 0.717) is 18.5 Å². The molecule has 2 rings (SSSR count). The second-order valence-electron chi connectivity index (χ2n) is 3.70. The van der Waals surface area contributed by atoms with E-state index < -0.39 is 0 Å². The summed E-state index contributed by atoms with van der Waals surface area (Å²) < 4.78 is 10.7. The summed E-state index contributed by atoms with van der Waals surface area (Å²) in [6.07, 6.45) is 2.79. The minimum Gasteiger partial charge on any atom is -0.464 e. The van der Waals surface area contributed by atoms with Crippen molar-refractivity contribution in [2.45, 2.75) is 19.3 Å². The number of aromatic nitrogens is 1. The highest BCUT2D eigenvalue weighted by molar-refractivity contribution is 5.05. The second kappa shape index (κ2) is 4.00. The maximum absolute atomic E-state index is 5.50. The van der Waals surface area contributed by atoms with Crippen LogP contribution in [0.1, 0.15) is 25.2 Å². The van der Waals surface area contributed by atoms with Crippen molar-refractivity contribution in [2.75, 3.05) is 26.7 Å². The fraction of sp³-hybridized carbons (Fsp3) is 0.700. The first-order chi connectivity index (χ1) is 6.79. The summed E-state index contributed by atoms with van der Waals surface area (Å²) in [4.78, 5) is 6.52. The van der Waals surface area contributed by atoms with E-state index in [-0.39, 0.29) is 0 Å². The number of nitrogens with zero attached hydrogens (tertiary/aromatic N) is 2. The van der Waals surface area contributed by atoms with E-state index in [1.165, 1.54) is 0 Å². The number of likely N-dealkylation sites (tertiary alicyclic amines) is 1. The fourth-order valence-corrected chi connectivity index (χ4v) is 1.81. The van der Waals surface area contributed by atoms with Crippen LogP contribution in [-0.4, -0.2) is 36.6 Å². The van der Waals surface area contributed by atoms with Crippen LogP contribution in [0, 0.1) is 0 Å². The Kier molecular flexibility index (Phi) is 2.72. The van der Waals surface area contributed by atoms with Gasteiger partial charge in [-0.15, -0.1) is 0 Å². The molecule has 1 aromatic heterocycles. The van der Waals surface area contributed by atoms with Crippen LogP contribution >= 0.6 is 0 Å². The molecule has 0 bridgehead atoms. The summed E-state index contributed by atoms with van der Waals surface area (Å²) in [6.45, 7) is 4.72. The predicted molar refractivity (Wildman–Crippen MR) is 52.5 cm³/mol. The van der Waals surface area contributed by atoms with Crippen molar-refractivity contribution < 1.29 is 9.15 Å². The molecule has 1 unspecified atom stereocenters. The lowest BCUT2D eigenvalue weighted by molar-refractivity contribution is 0.245. The lowest BCUT2D eigenvalue weighted by Gasteiger charge is -2.05. The highest BCUT2D eigenvalue weighted by Gasteiger charge is 2.25. The van der Waals surface area contributed by atoms with Crippen molar-refractivity contribution in [3.63, 3.8) is 0 Å². The number of rotatable bonds is 3. The molecule has 1 fully saturated rings. The van der Waals surface area contributed by atoms with Gasteiger partial charge in [-0.25, -0.2) is 4.98 Å². The van der Waals surface area contributed by atoms with Crippen LogP contribution in [0.25, 0.3) is 0 Å². The SMILES string of the molecule is CCOc1cnc(C2CCN(C)C2)o1. The number of hydrogen-bond acceptors (Lipinski definition) is 4. The lowest BCUT2D eigenvalue weighted by Crippen LogP contribution is -2.13. The Morgan fingerprint density at radius 3 is 3.21 bits per heavy atom. The molecule has 0 aromatic carbocycles. The molecule has 1 saturated heterocycles. The van der Waals surface area contributed by atoms with Crippen LogP contribution in [0.15, 0.2) is 10.6 Å². The molecule has 0 saturated carbocycles. The van der Waals surface area contributed by atoms with Crippen molar-refractivity contribution in [3.05, 3.63) is 12.1 Å². The van der Waals surface area contributed by atoms with Gasteiger partial charge in [-0.1, -0.05) is 0 Å². The van der Waals surface area contributed by atoms with Gasteiger partial charge in [-0.2, -0.15) is 0 Å². The molecule has 78 valence electrons. The first kappa shape index (κ1) is 9.52. The Balaban J connectivity index is 2.02. The first-order valence-electron chi connectivity index (χ1n) is 5.06. The summed E-state index contributed by atoms with van der Waals surface area (Å²) in [5.41, 5.74) is 0. The van der Waals surface area contributed by atoms with Gasteiger partial charge < -0.3 is 14.1 Å². The van der Waals surface area contributed by atoms with Gasteiger partial charge >= 0.3 is 5.95 Å². The molecule has 14 heavy (non-hydrogen) atoms. The number of oxazole rings is 1. The van der Waals surface area contributed by atoms with Gasteiger partial charge in [0, 0.05) is 12.5 Å². The highest BCUT2D eigenvalue weighted by atomic mass is 16.6. The van der Waals surface area contributed by atoms with Gasteiger partial charge in [0.25, 0.3) is 0 Å². The standard InChI is InChI=1S/C10H16N2O2/c1-3-13-9-6-11-10(14-9)8-4-5-12(2)7-8/h6,8H,3-5,7H2,1-2H3. The Hall–Kier alpha value is -1.03. The van der Waals surface area contributed by atoms with Crippen molar-refractivity contribution in [2.24, 2.45) is 0 Å². The van der Waals surface area contributed by atoms with Gasteiger partial charge in [-0.05, 0) is 26.9 Å². The van der Waals surface area contributed by atoms with E-state index in [1.807, 2.05) is 6.92 Å².